The fourth-order valence-electron chi connectivity index (χ4n) is 3.33. The third-order valence-electron chi connectivity index (χ3n) is 4.42. The number of nitrogens with one attached hydrogen (secondary N) is 1. The average molecular weight is 264 g/mol. The molecule has 106 valence electrons. The van der Waals surface area contributed by atoms with Gasteiger partial charge >= 0.3 is 6.18 Å². The lowest BCUT2D eigenvalue weighted by atomic mass is 9.98. The van der Waals surface area contributed by atoms with E-state index < -0.39 is 12.6 Å². The molecule has 0 saturated carbocycles. The second kappa shape index (κ2) is 5.78. The van der Waals surface area contributed by atoms with Gasteiger partial charge in [0.15, 0.2) is 0 Å². The van der Waals surface area contributed by atoms with Crippen LogP contribution < -0.4 is 5.32 Å². The summed E-state index contributed by atoms with van der Waals surface area (Å²) in [4.78, 5) is 2.47. The molecule has 2 saturated heterocycles. The summed E-state index contributed by atoms with van der Waals surface area (Å²) in [6.07, 6.45) is 1.12. The predicted octanol–water partition coefficient (Wildman–Crippen LogP) is 2.93. The maximum Gasteiger partial charge on any atom is 0.389 e. The molecule has 2 aliphatic rings. The molecule has 2 bridgehead atoms. The Balaban J connectivity index is 1.58. The summed E-state index contributed by atoms with van der Waals surface area (Å²) in [6.45, 7) is 0.726. The fourth-order valence-corrected chi connectivity index (χ4v) is 3.33. The molecule has 0 aromatic carbocycles. The lowest BCUT2D eigenvalue weighted by Crippen LogP contribution is -2.47. The molecule has 0 aromatic rings. The number of hydrogen-bond acceptors (Lipinski definition) is 2. The van der Waals surface area contributed by atoms with Gasteiger partial charge in [0.05, 0.1) is 0 Å². The summed E-state index contributed by atoms with van der Waals surface area (Å²) in [7, 11) is 2.20. The van der Waals surface area contributed by atoms with Crippen molar-refractivity contribution in [2.75, 3.05) is 13.6 Å². The largest absolute Gasteiger partial charge is 0.389 e. The Hall–Kier alpha value is -0.290. The highest BCUT2D eigenvalue weighted by Gasteiger charge is 2.37. The first-order valence-corrected chi connectivity index (χ1v) is 6.98. The van der Waals surface area contributed by atoms with Gasteiger partial charge in [-0.3, -0.25) is 0 Å². The first-order valence-electron chi connectivity index (χ1n) is 6.98. The number of fused-ring (bicyclic) bond motifs is 2. The highest BCUT2D eigenvalue weighted by molar-refractivity contribution is 4.95. The van der Waals surface area contributed by atoms with E-state index in [0.717, 1.165) is 19.4 Å². The van der Waals surface area contributed by atoms with Gasteiger partial charge in [0.1, 0.15) is 0 Å². The smallest absolute Gasteiger partial charge is 0.314 e. The molecule has 2 atom stereocenters. The van der Waals surface area contributed by atoms with Crippen molar-refractivity contribution in [3.8, 4) is 0 Å². The number of rotatable bonds is 5. The van der Waals surface area contributed by atoms with Crippen LogP contribution in [0.2, 0.25) is 0 Å². The van der Waals surface area contributed by atoms with E-state index in [1.807, 2.05) is 0 Å². The van der Waals surface area contributed by atoms with Gasteiger partial charge in [-0.1, -0.05) is 0 Å². The SMILES string of the molecule is CN1C2CCC1CC(NCCCCC(F)(F)F)C2. The third-order valence-corrected chi connectivity index (χ3v) is 4.42. The minimum absolute atomic E-state index is 0.246. The van der Waals surface area contributed by atoms with Gasteiger partial charge in [0.25, 0.3) is 0 Å². The Morgan fingerprint density at radius 3 is 2.28 bits per heavy atom. The normalized spacial score (nSPS) is 33.0. The lowest BCUT2D eigenvalue weighted by molar-refractivity contribution is -0.135. The molecular weight excluding hydrogens is 241 g/mol. The van der Waals surface area contributed by atoms with Gasteiger partial charge in [-0.05, 0) is 52.1 Å². The zero-order valence-electron chi connectivity index (χ0n) is 11.0. The van der Waals surface area contributed by atoms with E-state index in [2.05, 4.69) is 17.3 Å². The van der Waals surface area contributed by atoms with Crippen molar-refractivity contribution in [2.45, 2.75) is 69.2 Å². The molecule has 0 aliphatic carbocycles. The zero-order chi connectivity index (χ0) is 13.2. The van der Waals surface area contributed by atoms with Gasteiger partial charge in [0, 0.05) is 24.5 Å². The second-order valence-corrected chi connectivity index (χ2v) is 5.75. The predicted molar refractivity (Wildman–Crippen MR) is 65.5 cm³/mol. The summed E-state index contributed by atoms with van der Waals surface area (Å²) in [6, 6.07) is 1.90. The monoisotopic (exact) mass is 264 g/mol. The number of unbranched alkanes of at least 4 members (excludes halogenated alkanes) is 1. The van der Waals surface area contributed by atoms with E-state index in [4.69, 9.17) is 0 Å². The molecule has 0 aromatic heterocycles. The molecule has 0 spiro atoms. The Morgan fingerprint density at radius 2 is 1.72 bits per heavy atom. The maximum absolute atomic E-state index is 12.0. The highest BCUT2D eigenvalue weighted by atomic mass is 19.4. The van der Waals surface area contributed by atoms with E-state index in [0.29, 0.717) is 24.5 Å². The van der Waals surface area contributed by atoms with E-state index in [9.17, 15) is 13.2 Å². The number of hydrogen-bond donors (Lipinski definition) is 1. The number of alkyl halides is 3. The topological polar surface area (TPSA) is 15.3 Å². The molecule has 2 aliphatic heterocycles. The summed E-state index contributed by atoms with van der Waals surface area (Å²) in [5, 5.41) is 3.44. The highest BCUT2D eigenvalue weighted by Crippen LogP contribution is 2.34. The van der Waals surface area contributed by atoms with Crippen molar-refractivity contribution in [2.24, 2.45) is 0 Å². The van der Waals surface area contributed by atoms with E-state index in [1.54, 1.807) is 0 Å². The Bertz CT molecular complexity index is 253. The molecule has 2 fully saturated rings. The molecule has 5 heteroatoms. The average Bonchev–Trinajstić information content (AvgIpc) is 2.51. The molecular formula is C13H23F3N2. The van der Waals surface area contributed by atoms with Gasteiger partial charge in [-0.15, -0.1) is 0 Å². The first-order chi connectivity index (χ1) is 8.46. The molecule has 2 rings (SSSR count). The first kappa shape index (κ1) is 14.1. The maximum atomic E-state index is 12.0. The Labute approximate surface area is 107 Å². The van der Waals surface area contributed by atoms with Crippen LogP contribution in [0, 0.1) is 0 Å². The van der Waals surface area contributed by atoms with Crippen LogP contribution in [0.5, 0.6) is 0 Å². The molecule has 2 unspecified atom stereocenters. The van der Waals surface area contributed by atoms with Gasteiger partial charge in [-0.25, -0.2) is 0 Å². The van der Waals surface area contributed by atoms with Crippen molar-refractivity contribution in [3.05, 3.63) is 0 Å². The van der Waals surface area contributed by atoms with E-state index >= 15 is 0 Å². The minimum Gasteiger partial charge on any atom is -0.314 e. The van der Waals surface area contributed by atoms with Crippen LogP contribution in [-0.2, 0) is 0 Å². The molecule has 18 heavy (non-hydrogen) atoms. The Kier molecular flexibility index (Phi) is 4.54. The molecule has 2 nitrogen and oxygen atoms in total. The van der Waals surface area contributed by atoms with Crippen molar-refractivity contribution >= 4 is 0 Å². The minimum atomic E-state index is -3.99. The summed E-state index contributed by atoms with van der Waals surface area (Å²) in [5.74, 6) is 0. The summed E-state index contributed by atoms with van der Waals surface area (Å²) < 4.78 is 35.9. The lowest BCUT2D eigenvalue weighted by Gasteiger charge is -2.36. The Morgan fingerprint density at radius 1 is 1.11 bits per heavy atom. The number of piperidine rings is 1. The van der Waals surface area contributed by atoms with Crippen molar-refractivity contribution in [1.29, 1.82) is 0 Å². The second-order valence-electron chi connectivity index (χ2n) is 5.75. The molecule has 0 radical (unpaired) electrons. The van der Waals surface area contributed by atoms with Gasteiger partial charge in [-0.2, -0.15) is 13.2 Å². The van der Waals surface area contributed by atoms with E-state index in [1.165, 1.54) is 12.8 Å². The van der Waals surface area contributed by atoms with Crippen LogP contribution in [0.15, 0.2) is 0 Å². The van der Waals surface area contributed by atoms with Crippen LogP contribution in [0.3, 0.4) is 0 Å². The number of halogens is 3. The van der Waals surface area contributed by atoms with Crippen molar-refractivity contribution in [1.82, 2.24) is 10.2 Å². The zero-order valence-corrected chi connectivity index (χ0v) is 11.0. The van der Waals surface area contributed by atoms with E-state index in [-0.39, 0.29) is 6.42 Å². The van der Waals surface area contributed by atoms with Crippen molar-refractivity contribution < 1.29 is 13.2 Å². The van der Waals surface area contributed by atoms with Crippen molar-refractivity contribution in [3.63, 3.8) is 0 Å². The standard InChI is InChI=1S/C13H23F3N2/c1-18-11-4-5-12(18)9-10(8-11)17-7-3-2-6-13(14,15)16/h10-12,17H,2-9H2,1H3. The van der Waals surface area contributed by atoms with Gasteiger partial charge in [0.2, 0.25) is 0 Å². The summed E-state index contributed by atoms with van der Waals surface area (Å²) >= 11 is 0. The van der Waals surface area contributed by atoms with Crippen LogP contribution in [-0.4, -0.2) is 42.8 Å². The van der Waals surface area contributed by atoms with Crippen LogP contribution in [0.1, 0.15) is 44.9 Å². The molecule has 0 amide bonds. The molecule has 2 heterocycles. The van der Waals surface area contributed by atoms with Crippen LogP contribution >= 0.6 is 0 Å². The summed E-state index contributed by atoms with van der Waals surface area (Å²) in [5.41, 5.74) is 0. The molecule has 1 N–H and O–H groups in total. The van der Waals surface area contributed by atoms with Crippen LogP contribution in [0.4, 0.5) is 13.2 Å². The van der Waals surface area contributed by atoms with Crippen LogP contribution in [0.25, 0.3) is 0 Å². The third kappa shape index (κ3) is 3.85. The number of nitrogens with zero attached hydrogens (tertiary/aromatic N) is 1. The fraction of sp³-hybridized carbons (Fsp3) is 1.00. The quantitative estimate of drug-likeness (QED) is 0.768. The van der Waals surface area contributed by atoms with Gasteiger partial charge < -0.3 is 10.2 Å².